The molecular weight excluding hydrogens is 491 g/mol. The molecule has 0 aromatic heterocycles. The molecule has 182 valence electrons. The van der Waals surface area contributed by atoms with Crippen molar-refractivity contribution in [3.8, 4) is 0 Å². The number of carbonyl (C=O) groups excluding carboxylic acids is 3. The number of carbonyl (C=O) groups is 3. The highest BCUT2D eigenvalue weighted by molar-refractivity contribution is 8.47. The maximum absolute atomic E-state index is 11.9. The number of unbranched alkanes of at least 4 members (excludes halogenated alkanes) is 1. The van der Waals surface area contributed by atoms with Gasteiger partial charge in [-0.3, -0.25) is 9.59 Å². The third kappa shape index (κ3) is 10.1. The Balaban J connectivity index is 1.40. The lowest BCUT2D eigenvalue weighted by Crippen LogP contribution is -2.36. The first-order chi connectivity index (χ1) is 15.4. The second-order valence-electron chi connectivity index (χ2n) is 7.44. The number of amides is 3. The summed E-state index contributed by atoms with van der Waals surface area (Å²) in [6, 6.07) is 0.400. The topological polar surface area (TPSA) is 106 Å². The van der Waals surface area contributed by atoms with E-state index in [1.165, 1.54) is 11.8 Å². The van der Waals surface area contributed by atoms with Gasteiger partial charge in [-0.2, -0.15) is 11.8 Å². The van der Waals surface area contributed by atoms with Gasteiger partial charge in [0.15, 0.2) is 0 Å². The Morgan fingerprint density at radius 3 is 2.88 bits per heavy atom. The summed E-state index contributed by atoms with van der Waals surface area (Å²) >= 11 is 9.95. The third-order valence-electron chi connectivity index (χ3n) is 4.99. The number of thioether (sulfide) groups is 3. The molecule has 0 spiro atoms. The number of ether oxygens (including phenoxy) is 2. The van der Waals surface area contributed by atoms with E-state index in [0.717, 1.165) is 34.3 Å². The SMILES string of the molecule is CCSC(=S)SC(C)C(=O)OCCOCCNC(=O)CCCC[C@@H]1SC[C@@H]2NC(=O)N[C@@H]21. The lowest BCUT2D eigenvalue weighted by molar-refractivity contribution is -0.144. The van der Waals surface area contributed by atoms with Gasteiger partial charge >= 0.3 is 12.0 Å². The van der Waals surface area contributed by atoms with Crippen molar-refractivity contribution in [3.63, 3.8) is 0 Å². The maximum atomic E-state index is 11.9. The second kappa shape index (κ2) is 15.3. The molecule has 2 heterocycles. The molecule has 2 fully saturated rings. The molecule has 2 rings (SSSR count). The molecule has 4 atom stereocenters. The predicted molar refractivity (Wildman–Crippen MR) is 137 cm³/mol. The van der Waals surface area contributed by atoms with Crippen LogP contribution in [0.1, 0.15) is 39.5 Å². The molecule has 3 amide bonds. The zero-order valence-electron chi connectivity index (χ0n) is 18.6. The fourth-order valence-corrected chi connectivity index (χ4v) is 7.47. The van der Waals surface area contributed by atoms with Crippen LogP contribution in [0.15, 0.2) is 0 Å². The van der Waals surface area contributed by atoms with Gasteiger partial charge in [-0.05, 0) is 25.5 Å². The molecule has 0 radical (unpaired) electrons. The Hall–Kier alpha value is -0.690. The van der Waals surface area contributed by atoms with Crippen LogP contribution in [-0.2, 0) is 19.1 Å². The van der Waals surface area contributed by atoms with Gasteiger partial charge in [0.25, 0.3) is 0 Å². The van der Waals surface area contributed by atoms with E-state index in [4.69, 9.17) is 21.7 Å². The minimum atomic E-state index is -0.330. The summed E-state index contributed by atoms with van der Waals surface area (Å²) in [7, 11) is 0. The van der Waals surface area contributed by atoms with E-state index in [-0.39, 0.29) is 41.8 Å². The summed E-state index contributed by atoms with van der Waals surface area (Å²) in [6.45, 7) is 5.07. The molecule has 8 nitrogen and oxygen atoms in total. The van der Waals surface area contributed by atoms with Crippen molar-refractivity contribution >= 4 is 68.9 Å². The van der Waals surface area contributed by atoms with Gasteiger partial charge in [0, 0.05) is 24.0 Å². The Morgan fingerprint density at radius 1 is 1.28 bits per heavy atom. The fourth-order valence-electron chi connectivity index (χ4n) is 3.39. The first-order valence-corrected chi connectivity index (χ1v) is 14.3. The normalized spacial score (nSPS) is 22.6. The molecule has 0 bridgehead atoms. The first kappa shape index (κ1) is 27.6. The second-order valence-corrected chi connectivity index (χ2v) is 12.5. The predicted octanol–water partition coefficient (Wildman–Crippen LogP) is 2.55. The average Bonchev–Trinajstić information content (AvgIpc) is 3.29. The van der Waals surface area contributed by atoms with Crippen LogP contribution >= 0.6 is 47.5 Å². The third-order valence-corrected chi connectivity index (χ3v) is 9.04. The molecule has 0 aromatic rings. The van der Waals surface area contributed by atoms with Crippen LogP contribution in [0.2, 0.25) is 0 Å². The van der Waals surface area contributed by atoms with Gasteiger partial charge in [-0.25, -0.2) is 4.79 Å². The highest BCUT2D eigenvalue weighted by atomic mass is 32.2. The molecule has 0 aromatic carbocycles. The van der Waals surface area contributed by atoms with E-state index in [1.807, 2.05) is 18.7 Å². The van der Waals surface area contributed by atoms with Gasteiger partial charge in [0.2, 0.25) is 5.91 Å². The Labute approximate surface area is 208 Å². The number of nitrogens with one attached hydrogen (secondary N) is 3. The summed E-state index contributed by atoms with van der Waals surface area (Å²) in [5, 5.41) is 8.87. The van der Waals surface area contributed by atoms with Crippen molar-refractivity contribution in [2.45, 2.75) is 62.1 Å². The first-order valence-electron chi connectivity index (χ1n) is 10.9. The van der Waals surface area contributed by atoms with Crippen LogP contribution in [0.3, 0.4) is 0 Å². The highest BCUT2D eigenvalue weighted by Crippen LogP contribution is 2.33. The molecule has 2 aliphatic rings. The summed E-state index contributed by atoms with van der Waals surface area (Å²) in [5.74, 6) is 1.55. The zero-order valence-corrected chi connectivity index (χ0v) is 21.8. The van der Waals surface area contributed by atoms with E-state index in [9.17, 15) is 14.4 Å². The van der Waals surface area contributed by atoms with Gasteiger partial charge < -0.3 is 25.4 Å². The zero-order chi connectivity index (χ0) is 23.3. The number of thiocarbonyl (C=S) groups is 1. The molecule has 12 heteroatoms. The number of hydrogen-bond donors (Lipinski definition) is 3. The smallest absolute Gasteiger partial charge is 0.319 e. The van der Waals surface area contributed by atoms with Crippen LogP contribution in [0.5, 0.6) is 0 Å². The Kier molecular flexibility index (Phi) is 13.1. The van der Waals surface area contributed by atoms with E-state index >= 15 is 0 Å². The molecular formula is C20H33N3O5S4. The average molecular weight is 524 g/mol. The van der Waals surface area contributed by atoms with E-state index in [0.29, 0.717) is 31.4 Å². The minimum absolute atomic E-state index is 0.0135. The molecule has 32 heavy (non-hydrogen) atoms. The summed E-state index contributed by atoms with van der Waals surface area (Å²) in [6.07, 6.45) is 3.28. The van der Waals surface area contributed by atoms with Gasteiger partial charge in [-0.15, -0.1) is 11.8 Å². The van der Waals surface area contributed by atoms with Crippen molar-refractivity contribution < 1.29 is 23.9 Å². The molecule has 2 aliphatic heterocycles. The number of fused-ring (bicyclic) bond motifs is 1. The molecule has 1 unspecified atom stereocenters. The Morgan fingerprint density at radius 2 is 2.09 bits per heavy atom. The van der Waals surface area contributed by atoms with Crippen LogP contribution in [0.25, 0.3) is 0 Å². The Bertz CT molecular complexity index is 655. The van der Waals surface area contributed by atoms with Crippen LogP contribution in [-0.4, -0.2) is 81.9 Å². The van der Waals surface area contributed by atoms with Gasteiger partial charge in [-0.1, -0.05) is 37.3 Å². The number of esters is 1. The largest absolute Gasteiger partial charge is 0.462 e. The number of hydrogen-bond acceptors (Lipinski definition) is 9. The van der Waals surface area contributed by atoms with E-state index < -0.39 is 0 Å². The van der Waals surface area contributed by atoms with Gasteiger partial charge in [0.1, 0.15) is 15.4 Å². The maximum Gasteiger partial charge on any atom is 0.319 e. The standard InChI is InChI=1S/C20H33N3O5S4/c1-3-30-20(29)32-13(2)18(25)28-11-10-27-9-8-21-16(24)7-5-4-6-15-17-14(12-31-15)22-19(26)23-17/h13-15,17H,3-12H2,1-2H3,(H,21,24)(H2,22,23,26)/t13?,14-,15-,17-/m0/s1. The summed E-state index contributed by atoms with van der Waals surface area (Å²) < 4.78 is 11.3. The van der Waals surface area contributed by atoms with Crippen LogP contribution in [0, 0.1) is 0 Å². The minimum Gasteiger partial charge on any atom is -0.462 e. The monoisotopic (exact) mass is 523 g/mol. The molecule has 3 N–H and O–H groups in total. The number of urea groups is 1. The molecule has 0 aliphatic carbocycles. The lowest BCUT2D eigenvalue weighted by Gasteiger charge is -2.16. The van der Waals surface area contributed by atoms with E-state index in [1.54, 1.807) is 18.7 Å². The molecule has 2 saturated heterocycles. The summed E-state index contributed by atoms with van der Waals surface area (Å²) in [5.41, 5.74) is 0. The lowest BCUT2D eigenvalue weighted by atomic mass is 10.0. The van der Waals surface area contributed by atoms with Crippen molar-refractivity contribution in [2.75, 3.05) is 37.9 Å². The van der Waals surface area contributed by atoms with Crippen LogP contribution < -0.4 is 16.0 Å². The highest BCUT2D eigenvalue weighted by Gasteiger charge is 2.42. The van der Waals surface area contributed by atoms with Crippen LogP contribution in [0.4, 0.5) is 4.79 Å². The van der Waals surface area contributed by atoms with E-state index in [2.05, 4.69) is 16.0 Å². The fraction of sp³-hybridized carbons (Fsp3) is 0.800. The van der Waals surface area contributed by atoms with Crippen molar-refractivity contribution in [2.24, 2.45) is 0 Å². The number of rotatable bonds is 14. The van der Waals surface area contributed by atoms with Gasteiger partial charge in [0.05, 0.1) is 25.3 Å². The van der Waals surface area contributed by atoms with Crippen molar-refractivity contribution in [3.05, 3.63) is 0 Å². The quantitative estimate of drug-likeness (QED) is 0.137. The molecule has 0 saturated carbocycles. The van der Waals surface area contributed by atoms with Crippen molar-refractivity contribution in [1.82, 2.24) is 16.0 Å². The summed E-state index contributed by atoms with van der Waals surface area (Å²) in [4.78, 5) is 35.2. The van der Waals surface area contributed by atoms with Crippen molar-refractivity contribution in [1.29, 1.82) is 0 Å².